The van der Waals surface area contributed by atoms with Gasteiger partial charge >= 0.3 is 0 Å². The van der Waals surface area contributed by atoms with Gasteiger partial charge < -0.3 is 10.0 Å². The highest BCUT2D eigenvalue weighted by molar-refractivity contribution is 5.57. The maximum atomic E-state index is 10.1. The van der Waals surface area contributed by atoms with Gasteiger partial charge in [-0.2, -0.15) is 0 Å². The topological polar surface area (TPSA) is 62.1 Å². The Morgan fingerprint density at radius 1 is 1.35 bits per heavy atom. The van der Waals surface area contributed by atoms with Crippen LogP contribution in [0.2, 0.25) is 0 Å². The molecular weight excluding hydrogens is 252 g/mol. The molecule has 1 fully saturated rings. The molecule has 2 aromatic rings. The van der Waals surface area contributed by atoms with Crippen molar-refractivity contribution in [1.82, 2.24) is 15.0 Å². The number of nitrogens with zero attached hydrogens (tertiary/aromatic N) is 4. The standard InChI is InChI=1S/C15H18N4O/c1-3-15(20)9-19(10-15)13-7-11(2)17-14(18-13)12-5-4-6-16-8-12/h4-8,20H,3,9-10H2,1-2H3. The Kier molecular flexibility index (Phi) is 3.14. The van der Waals surface area contributed by atoms with Crippen LogP contribution in [0, 0.1) is 6.92 Å². The van der Waals surface area contributed by atoms with Crippen LogP contribution < -0.4 is 4.90 Å². The summed E-state index contributed by atoms with van der Waals surface area (Å²) < 4.78 is 0. The van der Waals surface area contributed by atoms with E-state index in [4.69, 9.17) is 0 Å². The maximum absolute atomic E-state index is 10.1. The molecule has 20 heavy (non-hydrogen) atoms. The molecule has 0 radical (unpaired) electrons. The van der Waals surface area contributed by atoms with Gasteiger partial charge in [0.15, 0.2) is 5.82 Å². The normalized spacial score (nSPS) is 16.9. The predicted molar refractivity (Wildman–Crippen MR) is 77.5 cm³/mol. The molecule has 2 aromatic heterocycles. The molecule has 5 nitrogen and oxygen atoms in total. The highest BCUT2D eigenvalue weighted by atomic mass is 16.3. The van der Waals surface area contributed by atoms with Gasteiger partial charge in [-0.25, -0.2) is 9.97 Å². The summed E-state index contributed by atoms with van der Waals surface area (Å²) in [5, 5.41) is 10.1. The summed E-state index contributed by atoms with van der Waals surface area (Å²) in [6, 6.07) is 5.78. The van der Waals surface area contributed by atoms with E-state index in [2.05, 4.69) is 19.9 Å². The number of aromatic nitrogens is 3. The van der Waals surface area contributed by atoms with Crippen molar-refractivity contribution in [1.29, 1.82) is 0 Å². The van der Waals surface area contributed by atoms with Crippen molar-refractivity contribution in [3.63, 3.8) is 0 Å². The van der Waals surface area contributed by atoms with Crippen molar-refractivity contribution >= 4 is 5.82 Å². The average molecular weight is 270 g/mol. The Morgan fingerprint density at radius 3 is 2.80 bits per heavy atom. The number of hydrogen-bond donors (Lipinski definition) is 1. The highest BCUT2D eigenvalue weighted by Crippen LogP contribution is 2.29. The fourth-order valence-electron chi connectivity index (χ4n) is 2.39. The lowest BCUT2D eigenvalue weighted by Gasteiger charge is -2.46. The van der Waals surface area contributed by atoms with Crippen molar-refractivity contribution in [2.75, 3.05) is 18.0 Å². The number of hydrogen-bond acceptors (Lipinski definition) is 5. The van der Waals surface area contributed by atoms with Crippen LogP contribution in [0.25, 0.3) is 11.4 Å². The number of anilines is 1. The second-order valence-corrected chi connectivity index (χ2v) is 5.37. The van der Waals surface area contributed by atoms with Gasteiger partial charge in [0.25, 0.3) is 0 Å². The van der Waals surface area contributed by atoms with Crippen molar-refractivity contribution in [2.24, 2.45) is 0 Å². The molecule has 1 saturated heterocycles. The molecule has 3 rings (SSSR count). The average Bonchev–Trinajstić information content (AvgIpc) is 2.44. The predicted octanol–water partition coefficient (Wildman–Crippen LogP) is 1.81. The lowest BCUT2D eigenvalue weighted by Crippen LogP contribution is -2.61. The van der Waals surface area contributed by atoms with Gasteiger partial charge in [-0.1, -0.05) is 6.92 Å². The van der Waals surface area contributed by atoms with Crippen molar-refractivity contribution in [3.05, 3.63) is 36.3 Å². The SMILES string of the molecule is CCC1(O)CN(c2cc(C)nc(-c3cccnc3)n2)C1. The van der Waals surface area contributed by atoms with E-state index in [-0.39, 0.29) is 0 Å². The number of aliphatic hydroxyl groups is 1. The smallest absolute Gasteiger partial charge is 0.163 e. The molecule has 3 heterocycles. The third-order valence-electron chi connectivity index (χ3n) is 3.71. The molecule has 0 saturated carbocycles. The summed E-state index contributed by atoms with van der Waals surface area (Å²) >= 11 is 0. The van der Waals surface area contributed by atoms with Gasteiger partial charge in [-0.15, -0.1) is 0 Å². The van der Waals surface area contributed by atoms with Crippen LogP contribution in [-0.4, -0.2) is 38.7 Å². The van der Waals surface area contributed by atoms with Crippen LogP contribution in [0.1, 0.15) is 19.0 Å². The molecule has 0 aliphatic carbocycles. The van der Waals surface area contributed by atoms with E-state index in [9.17, 15) is 5.11 Å². The second-order valence-electron chi connectivity index (χ2n) is 5.37. The minimum atomic E-state index is -0.562. The maximum Gasteiger partial charge on any atom is 0.163 e. The highest BCUT2D eigenvalue weighted by Gasteiger charge is 2.40. The van der Waals surface area contributed by atoms with Gasteiger partial charge in [-0.05, 0) is 25.5 Å². The van der Waals surface area contributed by atoms with Gasteiger partial charge in [-0.3, -0.25) is 4.98 Å². The monoisotopic (exact) mass is 270 g/mol. The van der Waals surface area contributed by atoms with Crippen LogP contribution >= 0.6 is 0 Å². The first-order valence-electron chi connectivity index (χ1n) is 6.83. The first kappa shape index (κ1) is 13.0. The lowest BCUT2D eigenvalue weighted by molar-refractivity contribution is 0.00805. The fraction of sp³-hybridized carbons (Fsp3) is 0.400. The summed E-state index contributed by atoms with van der Waals surface area (Å²) in [6.07, 6.45) is 4.26. The van der Waals surface area contributed by atoms with Crippen LogP contribution in [0.4, 0.5) is 5.82 Å². The van der Waals surface area contributed by atoms with E-state index >= 15 is 0 Å². The second kappa shape index (κ2) is 4.83. The molecule has 0 spiro atoms. The summed E-state index contributed by atoms with van der Waals surface area (Å²) in [6.45, 7) is 5.22. The van der Waals surface area contributed by atoms with Crippen LogP contribution in [0.5, 0.6) is 0 Å². The molecule has 1 N–H and O–H groups in total. The summed E-state index contributed by atoms with van der Waals surface area (Å²) in [7, 11) is 0. The van der Waals surface area contributed by atoms with E-state index < -0.39 is 5.60 Å². The van der Waals surface area contributed by atoms with E-state index in [1.54, 1.807) is 12.4 Å². The Balaban J connectivity index is 1.89. The van der Waals surface area contributed by atoms with Crippen molar-refractivity contribution in [3.8, 4) is 11.4 Å². The largest absolute Gasteiger partial charge is 0.386 e. The molecule has 104 valence electrons. The fourth-order valence-corrected chi connectivity index (χ4v) is 2.39. The Morgan fingerprint density at radius 2 is 2.15 bits per heavy atom. The molecule has 5 heteroatoms. The number of aryl methyl sites for hydroxylation is 1. The first-order chi connectivity index (χ1) is 9.59. The third-order valence-corrected chi connectivity index (χ3v) is 3.71. The van der Waals surface area contributed by atoms with Gasteiger partial charge in [0.1, 0.15) is 5.82 Å². The molecule has 1 aliphatic heterocycles. The minimum Gasteiger partial charge on any atom is -0.386 e. The van der Waals surface area contributed by atoms with Gasteiger partial charge in [0.2, 0.25) is 0 Å². The van der Waals surface area contributed by atoms with E-state index in [0.29, 0.717) is 18.9 Å². The molecule has 1 aliphatic rings. The minimum absolute atomic E-state index is 0.562. The molecule has 0 amide bonds. The summed E-state index contributed by atoms with van der Waals surface area (Å²) in [5.41, 5.74) is 1.26. The number of β-amino-alcohol motifs (C(OH)–C–C–N with tert-alkyl or cyclic N) is 1. The zero-order valence-electron chi connectivity index (χ0n) is 11.7. The van der Waals surface area contributed by atoms with Crippen LogP contribution in [-0.2, 0) is 0 Å². The molecule has 0 bridgehead atoms. The quantitative estimate of drug-likeness (QED) is 0.921. The van der Waals surface area contributed by atoms with Crippen molar-refractivity contribution in [2.45, 2.75) is 25.9 Å². The van der Waals surface area contributed by atoms with Gasteiger partial charge in [0.05, 0.1) is 5.60 Å². The third kappa shape index (κ3) is 2.36. The Labute approximate surface area is 118 Å². The Hall–Kier alpha value is -2.01. The van der Waals surface area contributed by atoms with E-state index in [1.165, 1.54) is 0 Å². The van der Waals surface area contributed by atoms with Crippen LogP contribution in [0.3, 0.4) is 0 Å². The zero-order valence-corrected chi connectivity index (χ0v) is 11.7. The van der Waals surface area contributed by atoms with Gasteiger partial charge in [0, 0.05) is 42.8 Å². The Bertz CT molecular complexity index is 609. The van der Waals surface area contributed by atoms with E-state index in [1.807, 2.05) is 32.0 Å². The zero-order chi connectivity index (χ0) is 14.2. The number of pyridine rings is 1. The van der Waals surface area contributed by atoms with Crippen LogP contribution in [0.15, 0.2) is 30.6 Å². The summed E-state index contributed by atoms with van der Waals surface area (Å²) in [5.74, 6) is 1.55. The molecule has 0 atom stereocenters. The molecular formula is C15H18N4O. The summed E-state index contributed by atoms with van der Waals surface area (Å²) in [4.78, 5) is 15.2. The first-order valence-corrected chi connectivity index (χ1v) is 6.83. The molecule has 0 unspecified atom stereocenters. The van der Waals surface area contributed by atoms with E-state index in [0.717, 1.165) is 23.5 Å². The van der Waals surface area contributed by atoms with Crippen molar-refractivity contribution < 1.29 is 5.11 Å². The molecule has 0 aromatic carbocycles. The number of rotatable bonds is 3. The lowest BCUT2D eigenvalue weighted by atomic mass is 9.91.